The molecule has 0 amide bonds. The molecule has 0 radical (unpaired) electrons. The Morgan fingerprint density at radius 1 is 1.64 bits per heavy atom. The van der Waals surface area contributed by atoms with E-state index >= 15 is 0 Å². The van der Waals surface area contributed by atoms with Gasteiger partial charge in [-0.15, -0.1) is 11.3 Å². The number of thiophene rings is 1. The van der Waals surface area contributed by atoms with Gasteiger partial charge in [-0.3, -0.25) is 4.79 Å². The van der Waals surface area contributed by atoms with Crippen LogP contribution in [0.5, 0.6) is 0 Å². The summed E-state index contributed by atoms with van der Waals surface area (Å²) in [5.41, 5.74) is 0.749. The summed E-state index contributed by atoms with van der Waals surface area (Å²) < 4.78 is 1.09. The maximum atomic E-state index is 10.2. The van der Waals surface area contributed by atoms with Crippen LogP contribution in [0.4, 0.5) is 0 Å². The van der Waals surface area contributed by atoms with E-state index in [1.54, 1.807) is 18.3 Å². The van der Waals surface area contributed by atoms with E-state index in [2.05, 4.69) is 15.9 Å². The molecule has 0 unspecified atom stereocenters. The molecule has 1 aromatic rings. The molecule has 0 atom stereocenters. The molecule has 0 aromatic carbocycles. The summed E-state index contributed by atoms with van der Waals surface area (Å²) in [6.45, 7) is 1.79. The summed E-state index contributed by atoms with van der Waals surface area (Å²) >= 11 is 4.96. The number of hydrogen-bond donors (Lipinski definition) is 0. The van der Waals surface area contributed by atoms with E-state index in [0.29, 0.717) is 0 Å². The predicted octanol–water partition coefficient (Wildman–Crippen LogP) is 3.11. The third-order valence-electron chi connectivity index (χ3n) is 1.15. The SMILES string of the molecule is C/C(C=O)=C\c1ccc(Br)s1. The Morgan fingerprint density at radius 3 is 2.82 bits per heavy atom. The molecular formula is C8H7BrOS. The van der Waals surface area contributed by atoms with E-state index in [1.807, 2.05) is 18.2 Å². The Kier molecular flexibility index (Phi) is 3.02. The summed E-state index contributed by atoms with van der Waals surface area (Å²) in [5, 5.41) is 0. The van der Waals surface area contributed by atoms with Gasteiger partial charge in [0.05, 0.1) is 3.79 Å². The van der Waals surface area contributed by atoms with Crippen LogP contribution in [0.2, 0.25) is 0 Å². The van der Waals surface area contributed by atoms with Gasteiger partial charge in [0.2, 0.25) is 0 Å². The first-order valence-corrected chi connectivity index (χ1v) is 4.72. The summed E-state index contributed by atoms with van der Waals surface area (Å²) in [5.74, 6) is 0. The minimum absolute atomic E-state index is 0.749. The van der Waals surface area contributed by atoms with Crippen molar-refractivity contribution in [3.8, 4) is 0 Å². The van der Waals surface area contributed by atoms with E-state index in [0.717, 1.165) is 20.5 Å². The fourth-order valence-corrected chi connectivity index (χ4v) is 2.10. The molecule has 11 heavy (non-hydrogen) atoms. The van der Waals surface area contributed by atoms with Crippen molar-refractivity contribution < 1.29 is 4.79 Å². The maximum Gasteiger partial charge on any atom is 0.145 e. The number of hydrogen-bond acceptors (Lipinski definition) is 2. The zero-order valence-corrected chi connectivity index (χ0v) is 8.41. The highest BCUT2D eigenvalue weighted by Crippen LogP contribution is 2.23. The smallest absolute Gasteiger partial charge is 0.145 e. The van der Waals surface area contributed by atoms with Crippen molar-refractivity contribution in [2.24, 2.45) is 0 Å². The summed E-state index contributed by atoms with van der Waals surface area (Å²) in [6.07, 6.45) is 2.72. The quantitative estimate of drug-likeness (QED) is 0.564. The third-order valence-corrected chi connectivity index (χ3v) is 2.72. The standard InChI is InChI=1S/C8H7BrOS/c1-6(5-10)4-7-2-3-8(9)11-7/h2-5H,1H3/b6-4+. The molecule has 0 saturated heterocycles. The van der Waals surface area contributed by atoms with Gasteiger partial charge in [0.1, 0.15) is 6.29 Å². The van der Waals surface area contributed by atoms with Crippen LogP contribution >= 0.6 is 27.3 Å². The first kappa shape index (κ1) is 8.68. The highest BCUT2D eigenvalue weighted by atomic mass is 79.9. The predicted molar refractivity (Wildman–Crippen MR) is 51.7 cm³/mol. The average Bonchev–Trinajstić information content (AvgIpc) is 2.35. The lowest BCUT2D eigenvalue weighted by Crippen LogP contribution is -1.72. The zero-order valence-electron chi connectivity index (χ0n) is 6.00. The van der Waals surface area contributed by atoms with Crippen molar-refractivity contribution in [2.45, 2.75) is 6.92 Å². The molecule has 0 saturated carbocycles. The van der Waals surface area contributed by atoms with Crippen molar-refractivity contribution >= 4 is 39.6 Å². The number of carbonyl (C=O) groups is 1. The van der Waals surface area contributed by atoms with E-state index in [-0.39, 0.29) is 0 Å². The Bertz CT molecular complexity index is 288. The Morgan fingerprint density at radius 2 is 2.36 bits per heavy atom. The molecule has 1 nitrogen and oxygen atoms in total. The van der Waals surface area contributed by atoms with Crippen LogP contribution in [0.3, 0.4) is 0 Å². The van der Waals surface area contributed by atoms with E-state index in [4.69, 9.17) is 0 Å². The molecule has 1 rings (SSSR count). The van der Waals surface area contributed by atoms with E-state index in [9.17, 15) is 4.79 Å². The molecule has 0 N–H and O–H groups in total. The fourth-order valence-electron chi connectivity index (χ4n) is 0.664. The molecule has 0 aliphatic heterocycles. The normalized spacial score (nSPS) is 11.6. The van der Waals surface area contributed by atoms with Crippen LogP contribution in [-0.2, 0) is 4.79 Å². The van der Waals surface area contributed by atoms with Gasteiger partial charge in [0, 0.05) is 4.88 Å². The van der Waals surface area contributed by atoms with Gasteiger partial charge >= 0.3 is 0 Å². The first-order chi connectivity index (χ1) is 5.22. The minimum atomic E-state index is 0.749. The third kappa shape index (κ3) is 2.60. The van der Waals surface area contributed by atoms with Crippen molar-refractivity contribution in [3.63, 3.8) is 0 Å². The average molecular weight is 231 g/mol. The van der Waals surface area contributed by atoms with Crippen molar-refractivity contribution in [3.05, 3.63) is 26.4 Å². The van der Waals surface area contributed by atoms with Crippen molar-refractivity contribution in [1.82, 2.24) is 0 Å². The number of rotatable bonds is 2. The van der Waals surface area contributed by atoms with Crippen molar-refractivity contribution in [2.75, 3.05) is 0 Å². The lowest BCUT2D eigenvalue weighted by Gasteiger charge is -1.84. The topological polar surface area (TPSA) is 17.1 Å². The van der Waals surface area contributed by atoms with Crippen LogP contribution in [0.15, 0.2) is 21.5 Å². The molecule has 1 heterocycles. The number of carbonyl (C=O) groups excluding carboxylic acids is 1. The van der Waals surface area contributed by atoms with Crippen LogP contribution in [0.1, 0.15) is 11.8 Å². The largest absolute Gasteiger partial charge is 0.298 e. The van der Waals surface area contributed by atoms with Gasteiger partial charge in [0.15, 0.2) is 0 Å². The molecular weight excluding hydrogens is 224 g/mol. The maximum absolute atomic E-state index is 10.2. The lowest BCUT2D eigenvalue weighted by atomic mass is 10.3. The molecule has 58 valence electrons. The fraction of sp³-hybridized carbons (Fsp3) is 0.125. The summed E-state index contributed by atoms with van der Waals surface area (Å²) in [6, 6.07) is 3.94. The van der Waals surface area contributed by atoms with Crippen LogP contribution in [0.25, 0.3) is 6.08 Å². The second kappa shape index (κ2) is 3.83. The second-order valence-electron chi connectivity index (χ2n) is 2.15. The van der Waals surface area contributed by atoms with Gasteiger partial charge < -0.3 is 0 Å². The van der Waals surface area contributed by atoms with Gasteiger partial charge in [-0.1, -0.05) is 0 Å². The van der Waals surface area contributed by atoms with Gasteiger partial charge in [-0.2, -0.15) is 0 Å². The highest BCUT2D eigenvalue weighted by molar-refractivity contribution is 9.11. The van der Waals surface area contributed by atoms with Gasteiger partial charge in [-0.05, 0) is 46.6 Å². The Hall–Kier alpha value is -0.410. The molecule has 3 heteroatoms. The second-order valence-corrected chi connectivity index (χ2v) is 4.64. The molecule has 0 bridgehead atoms. The molecule has 1 aromatic heterocycles. The first-order valence-electron chi connectivity index (χ1n) is 3.11. The number of allylic oxidation sites excluding steroid dienone is 1. The zero-order chi connectivity index (χ0) is 8.27. The monoisotopic (exact) mass is 230 g/mol. The van der Waals surface area contributed by atoms with Gasteiger partial charge in [0.25, 0.3) is 0 Å². The van der Waals surface area contributed by atoms with E-state index < -0.39 is 0 Å². The van der Waals surface area contributed by atoms with E-state index in [1.165, 1.54) is 0 Å². The number of halogens is 1. The lowest BCUT2D eigenvalue weighted by molar-refractivity contribution is -0.104. The molecule has 0 fully saturated rings. The summed E-state index contributed by atoms with van der Waals surface area (Å²) in [4.78, 5) is 11.3. The van der Waals surface area contributed by atoms with Crippen LogP contribution in [-0.4, -0.2) is 6.29 Å². The molecule has 0 spiro atoms. The Labute approximate surface area is 77.9 Å². The molecule has 0 aliphatic rings. The highest BCUT2D eigenvalue weighted by Gasteiger charge is 1.93. The minimum Gasteiger partial charge on any atom is -0.298 e. The Balaban J connectivity index is 2.86. The number of aldehydes is 1. The van der Waals surface area contributed by atoms with Crippen molar-refractivity contribution in [1.29, 1.82) is 0 Å². The van der Waals surface area contributed by atoms with Crippen LogP contribution in [0, 0.1) is 0 Å². The van der Waals surface area contributed by atoms with Gasteiger partial charge in [-0.25, -0.2) is 0 Å². The molecule has 0 aliphatic carbocycles. The summed E-state index contributed by atoms with van der Waals surface area (Å²) in [7, 11) is 0. The van der Waals surface area contributed by atoms with Crippen LogP contribution < -0.4 is 0 Å².